The predicted octanol–water partition coefficient (Wildman–Crippen LogP) is 3.62. The van der Waals surface area contributed by atoms with E-state index in [2.05, 4.69) is 27.1 Å². The van der Waals surface area contributed by atoms with Crippen LogP contribution in [0.15, 0.2) is 42.6 Å². The number of amides is 2. The SMILES string of the molecule is CCNC(=O)N1CC[C@@]2(CCn3nc(-c4cnc(N)c(OC(C)c5ccccc5C#N)c4)cc32)C1. The van der Waals surface area contributed by atoms with Gasteiger partial charge in [-0.25, -0.2) is 9.78 Å². The number of urea groups is 1. The van der Waals surface area contributed by atoms with E-state index in [4.69, 9.17) is 15.6 Å². The molecule has 2 aliphatic rings. The number of nitriles is 1. The van der Waals surface area contributed by atoms with E-state index in [1.54, 1.807) is 12.3 Å². The Morgan fingerprint density at radius 2 is 2.11 bits per heavy atom. The van der Waals surface area contributed by atoms with Crippen molar-refractivity contribution in [3.8, 4) is 23.1 Å². The first-order valence-electron chi connectivity index (χ1n) is 12.0. The summed E-state index contributed by atoms with van der Waals surface area (Å²) >= 11 is 0. The molecule has 1 saturated heterocycles. The minimum absolute atomic E-state index is 0.000759. The van der Waals surface area contributed by atoms with Crippen LogP contribution in [0.3, 0.4) is 0 Å². The highest BCUT2D eigenvalue weighted by molar-refractivity contribution is 5.75. The Kier molecular flexibility index (Phi) is 5.81. The lowest BCUT2D eigenvalue weighted by Crippen LogP contribution is -2.40. The molecule has 1 aromatic carbocycles. The first-order valence-corrected chi connectivity index (χ1v) is 12.0. The van der Waals surface area contributed by atoms with Crippen LogP contribution in [0, 0.1) is 11.3 Å². The van der Waals surface area contributed by atoms with Crippen molar-refractivity contribution >= 4 is 11.8 Å². The van der Waals surface area contributed by atoms with Gasteiger partial charge >= 0.3 is 6.03 Å². The summed E-state index contributed by atoms with van der Waals surface area (Å²) in [5, 5.41) is 17.2. The van der Waals surface area contributed by atoms with Gasteiger partial charge in [-0.3, -0.25) is 4.68 Å². The fourth-order valence-corrected chi connectivity index (χ4v) is 5.22. The summed E-state index contributed by atoms with van der Waals surface area (Å²) in [6.45, 7) is 6.72. The number of likely N-dealkylation sites (tertiary alicyclic amines) is 1. The van der Waals surface area contributed by atoms with Crippen molar-refractivity contribution in [2.24, 2.45) is 0 Å². The largest absolute Gasteiger partial charge is 0.482 e. The number of benzene rings is 1. The molecule has 3 aromatic rings. The third kappa shape index (κ3) is 4.05. The highest BCUT2D eigenvalue weighted by atomic mass is 16.5. The Hall–Kier alpha value is -4.06. The number of hydrogen-bond donors (Lipinski definition) is 2. The van der Waals surface area contributed by atoms with E-state index in [-0.39, 0.29) is 23.4 Å². The zero-order valence-electron chi connectivity index (χ0n) is 20.0. The summed E-state index contributed by atoms with van der Waals surface area (Å²) < 4.78 is 8.20. The summed E-state index contributed by atoms with van der Waals surface area (Å²) in [5.41, 5.74) is 10.2. The molecule has 0 aliphatic carbocycles. The Labute approximate surface area is 204 Å². The van der Waals surface area contributed by atoms with Crippen LogP contribution < -0.4 is 15.8 Å². The second-order valence-corrected chi connectivity index (χ2v) is 9.24. The van der Waals surface area contributed by atoms with Crippen molar-refractivity contribution in [3.63, 3.8) is 0 Å². The maximum atomic E-state index is 12.4. The predicted molar refractivity (Wildman–Crippen MR) is 132 cm³/mol. The highest BCUT2D eigenvalue weighted by Gasteiger charge is 2.46. The third-order valence-electron chi connectivity index (χ3n) is 7.09. The molecule has 9 heteroatoms. The summed E-state index contributed by atoms with van der Waals surface area (Å²) in [4.78, 5) is 18.6. The molecule has 0 saturated carbocycles. The van der Waals surface area contributed by atoms with E-state index in [0.717, 1.165) is 48.4 Å². The molecule has 1 fully saturated rings. The smallest absolute Gasteiger partial charge is 0.317 e. The number of rotatable bonds is 5. The fraction of sp³-hybridized carbons (Fsp3) is 0.385. The Bertz CT molecular complexity index is 1310. The number of aromatic nitrogens is 3. The number of ether oxygens (including phenoxy) is 1. The minimum atomic E-state index is -0.376. The number of nitrogen functional groups attached to an aromatic ring is 1. The highest BCUT2D eigenvalue weighted by Crippen LogP contribution is 2.44. The number of carbonyl (C=O) groups excluding carboxylic acids is 1. The number of aryl methyl sites for hydroxylation is 1. The number of fused-ring (bicyclic) bond motifs is 2. The molecule has 9 nitrogen and oxygen atoms in total. The van der Waals surface area contributed by atoms with Crippen LogP contribution in [0.4, 0.5) is 10.6 Å². The second kappa shape index (κ2) is 8.95. The molecule has 0 radical (unpaired) electrons. The topological polar surface area (TPSA) is 122 Å². The molecule has 180 valence electrons. The van der Waals surface area contributed by atoms with Gasteiger partial charge in [-0.2, -0.15) is 10.4 Å². The van der Waals surface area contributed by atoms with Crippen molar-refractivity contribution in [1.82, 2.24) is 25.0 Å². The molecular formula is C26H29N7O2. The van der Waals surface area contributed by atoms with E-state index in [0.29, 0.717) is 24.4 Å². The molecule has 2 aliphatic heterocycles. The third-order valence-corrected chi connectivity index (χ3v) is 7.09. The van der Waals surface area contributed by atoms with Crippen LogP contribution in [0.2, 0.25) is 0 Å². The molecule has 3 N–H and O–H groups in total. The van der Waals surface area contributed by atoms with Crippen molar-refractivity contribution in [1.29, 1.82) is 5.26 Å². The van der Waals surface area contributed by atoms with Gasteiger partial charge in [-0.1, -0.05) is 18.2 Å². The summed E-state index contributed by atoms with van der Waals surface area (Å²) in [6.07, 6.45) is 3.24. The van der Waals surface area contributed by atoms with Gasteiger partial charge < -0.3 is 20.7 Å². The van der Waals surface area contributed by atoms with Crippen LogP contribution in [0.1, 0.15) is 49.6 Å². The zero-order chi connectivity index (χ0) is 24.6. The van der Waals surface area contributed by atoms with E-state index in [1.165, 1.54) is 0 Å². The number of carbonyl (C=O) groups is 1. The van der Waals surface area contributed by atoms with Gasteiger partial charge in [0.1, 0.15) is 6.10 Å². The average Bonchev–Trinajstić information content (AvgIpc) is 3.57. The number of nitrogens with two attached hydrogens (primary N) is 1. The summed E-state index contributed by atoms with van der Waals surface area (Å²) in [5.74, 6) is 0.737. The summed E-state index contributed by atoms with van der Waals surface area (Å²) in [7, 11) is 0. The Balaban J connectivity index is 1.39. The number of anilines is 1. The molecule has 1 unspecified atom stereocenters. The lowest BCUT2D eigenvalue weighted by atomic mass is 9.82. The molecule has 1 spiro atoms. The monoisotopic (exact) mass is 471 g/mol. The molecule has 4 heterocycles. The zero-order valence-corrected chi connectivity index (χ0v) is 20.0. The number of nitrogens with zero attached hydrogens (tertiary/aromatic N) is 5. The number of hydrogen-bond acceptors (Lipinski definition) is 6. The van der Waals surface area contributed by atoms with Crippen LogP contribution >= 0.6 is 0 Å². The molecule has 2 atom stereocenters. The molecule has 2 aromatic heterocycles. The van der Waals surface area contributed by atoms with Crippen LogP contribution in [-0.2, 0) is 12.0 Å². The Morgan fingerprint density at radius 1 is 1.31 bits per heavy atom. The molecule has 5 rings (SSSR count). The minimum Gasteiger partial charge on any atom is -0.482 e. The van der Waals surface area contributed by atoms with Crippen LogP contribution in [0.25, 0.3) is 11.3 Å². The average molecular weight is 472 g/mol. The van der Waals surface area contributed by atoms with Crippen LogP contribution in [-0.4, -0.2) is 45.3 Å². The molecule has 0 bridgehead atoms. The van der Waals surface area contributed by atoms with Crippen molar-refractivity contribution in [3.05, 3.63) is 59.4 Å². The molecule has 35 heavy (non-hydrogen) atoms. The van der Waals surface area contributed by atoms with Gasteiger partial charge in [-0.15, -0.1) is 0 Å². The van der Waals surface area contributed by atoms with Gasteiger partial charge in [0.15, 0.2) is 11.6 Å². The Morgan fingerprint density at radius 3 is 2.91 bits per heavy atom. The van der Waals surface area contributed by atoms with Crippen molar-refractivity contribution in [2.45, 2.75) is 44.8 Å². The lowest BCUT2D eigenvalue weighted by Gasteiger charge is -2.23. The maximum absolute atomic E-state index is 12.4. The first-order chi connectivity index (χ1) is 16.9. The van der Waals surface area contributed by atoms with Gasteiger partial charge in [-0.05, 0) is 44.9 Å². The number of pyridine rings is 1. The lowest BCUT2D eigenvalue weighted by molar-refractivity contribution is 0.206. The standard InChI is InChI=1S/C26H29N7O2/c1-3-29-25(34)32-10-8-26(16-32)9-11-33-23(26)13-21(31-33)19-12-22(24(28)30-15-19)35-17(2)20-7-5-4-6-18(20)14-27/h4-7,12-13,15,17H,3,8-11,16H2,1-2H3,(H2,28,30)(H,29,34)/t17?,26-/m1/s1. The quantitative estimate of drug-likeness (QED) is 0.586. The van der Waals surface area contributed by atoms with Gasteiger partial charge in [0.2, 0.25) is 0 Å². The normalized spacial score (nSPS) is 19.4. The van der Waals surface area contributed by atoms with E-state index < -0.39 is 0 Å². The maximum Gasteiger partial charge on any atom is 0.317 e. The van der Waals surface area contributed by atoms with Gasteiger partial charge in [0, 0.05) is 54.6 Å². The van der Waals surface area contributed by atoms with Crippen molar-refractivity contribution in [2.75, 3.05) is 25.4 Å². The summed E-state index contributed by atoms with van der Waals surface area (Å²) in [6, 6.07) is 13.5. The second-order valence-electron chi connectivity index (χ2n) is 9.24. The molecular weight excluding hydrogens is 442 g/mol. The fourth-order valence-electron chi connectivity index (χ4n) is 5.22. The van der Waals surface area contributed by atoms with Gasteiger partial charge in [0.05, 0.1) is 17.3 Å². The van der Waals surface area contributed by atoms with E-state index >= 15 is 0 Å². The van der Waals surface area contributed by atoms with E-state index in [1.807, 2.05) is 43.0 Å². The molecule has 2 amide bonds. The van der Waals surface area contributed by atoms with Gasteiger partial charge in [0.25, 0.3) is 0 Å². The van der Waals surface area contributed by atoms with E-state index in [9.17, 15) is 10.1 Å². The first kappa shape index (κ1) is 22.7. The van der Waals surface area contributed by atoms with Crippen molar-refractivity contribution < 1.29 is 9.53 Å². The number of nitrogens with one attached hydrogen (secondary N) is 1. The van der Waals surface area contributed by atoms with Crippen LogP contribution in [0.5, 0.6) is 5.75 Å².